The molecule has 0 amide bonds. The molecular weight excluding hydrogens is 176 g/mol. The highest BCUT2D eigenvalue weighted by atomic mass is 35.5. The van der Waals surface area contributed by atoms with Gasteiger partial charge in [-0.1, -0.05) is 18.5 Å². The smallest absolute Gasteiger partial charge is 0.213 e. The van der Waals surface area contributed by atoms with E-state index in [1.54, 1.807) is 0 Å². The molecule has 3 nitrogen and oxygen atoms in total. The molecule has 1 rings (SSSR count). The van der Waals surface area contributed by atoms with Crippen LogP contribution in [0.1, 0.15) is 13.3 Å². The van der Waals surface area contributed by atoms with E-state index in [4.69, 9.17) is 21.7 Å². The van der Waals surface area contributed by atoms with Crippen molar-refractivity contribution in [2.24, 2.45) is 0 Å². The van der Waals surface area contributed by atoms with Gasteiger partial charge < -0.3 is 10.1 Å². The topological polar surface area (TPSA) is 45.1 Å². The van der Waals surface area contributed by atoms with E-state index in [0.717, 1.165) is 19.4 Å². The Morgan fingerprint density at radius 3 is 3.08 bits per heavy atom. The Morgan fingerprint density at radius 1 is 1.83 bits per heavy atom. The third kappa shape index (κ3) is 2.01. The summed E-state index contributed by atoms with van der Waals surface area (Å²) < 4.78 is 4.82. The molecule has 0 unspecified atom stereocenters. The summed E-state index contributed by atoms with van der Waals surface area (Å²) in [5.41, 5.74) is 1.23. The van der Waals surface area contributed by atoms with Crippen LogP contribution >= 0.6 is 11.6 Å². The number of dihydropyridines is 1. The van der Waals surface area contributed by atoms with Crippen molar-refractivity contribution < 1.29 is 4.74 Å². The lowest BCUT2D eigenvalue weighted by molar-refractivity contribution is 0.383. The molecule has 0 atom stereocenters. The molecule has 1 heterocycles. The summed E-state index contributed by atoms with van der Waals surface area (Å²) in [5, 5.41) is 10.2. The van der Waals surface area contributed by atoms with Crippen LogP contribution < -0.4 is 5.32 Å². The summed E-state index contributed by atoms with van der Waals surface area (Å²) in [7, 11) is 0. The van der Waals surface area contributed by atoms with Gasteiger partial charge in [0.05, 0.1) is 0 Å². The summed E-state index contributed by atoms with van der Waals surface area (Å²) in [4.78, 5) is 0. The van der Waals surface area contributed by atoms with Crippen LogP contribution in [0.3, 0.4) is 0 Å². The van der Waals surface area contributed by atoms with E-state index in [2.05, 4.69) is 12.2 Å². The molecule has 0 radical (unpaired) electrons. The van der Waals surface area contributed by atoms with Crippen LogP contribution in [0.2, 0.25) is 0 Å². The van der Waals surface area contributed by atoms with Crippen molar-refractivity contribution in [2.45, 2.75) is 13.3 Å². The van der Waals surface area contributed by atoms with Crippen molar-refractivity contribution in [2.75, 3.05) is 6.54 Å². The second kappa shape index (κ2) is 4.16. The lowest BCUT2D eigenvalue weighted by atomic mass is 10.1. The van der Waals surface area contributed by atoms with Crippen LogP contribution in [0.25, 0.3) is 0 Å². The third-order valence-electron chi connectivity index (χ3n) is 1.65. The molecule has 0 aliphatic carbocycles. The summed E-state index contributed by atoms with van der Waals surface area (Å²) >= 11 is 5.85. The van der Waals surface area contributed by atoms with E-state index in [1.165, 1.54) is 5.57 Å². The maximum atomic E-state index is 6.72. The predicted octanol–water partition coefficient (Wildman–Crippen LogP) is 1.96. The van der Waals surface area contributed by atoms with E-state index in [0.29, 0.717) is 10.9 Å². The normalized spacial score (nSPS) is 16.7. The number of rotatable bonds is 3. The largest absolute Gasteiger partial charge is 0.429 e. The molecule has 1 aliphatic heterocycles. The Balaban J connectivity index is 2.75. The van der Waals surface area contributed by atoms with E-state index >= 15 is 0 Å². The van der Waals surface area contributed by atoms with Crippen molar-refractivity contribution in [3.05, 3.63) is 22.6 Å². The lowest BCUT2D eigenvalue weighted by Crippen LogP contribution is -2.22. The molecule has 0 saturated carbocycles. The highest BCUT2D eigenvalue weighted by Crippen LogP contribution is 2.18. The van der Waals surface area contributed by atoms with E-state index in [9.17, 15) is 0 Å². The maximum Gasteiger partial charge on any atom is 0.213 e. The van der Waals surface area contributed by atoms with Gasteiger partial charge in [-0.15, -0.1) is 0 Å². The van der Waals surface area contributed by atoms with E-state index in [-0.39, 0.29) is 0 Å². The zero-order valence-corrected chi connectivity index (χ0v) is 7.61. The molecule has 1 aliphatic rings. The maximum absolute atomic E-state index is 6.72. The van der Waals surface area contributed by atoms with Crippen molar-refractivity contribution in [3.8, 4) is 0 Å². The minimum atomic E-state index is 0.462. The third-order valence-corrected chi connectivity index (χ3v) is 1.94. The Bertz CT molecular complexity index is 245. The molecule has 4 heteroatoms. The lowest BCUT2D eigenvalue weighted by Gasteiger charge is -2.16. The molecule has 0 saturated heterocycles. The summed E-state index contributed by atoms with van der Waals surface area (Å²) in [5.74, 6) is 0.462. The average molecular weight is 187 g/mol. The first-order valence-corrected chi connectivity index (χ1v) is 4.14. The molecule has 0 spiro atoms. The van der Waals surface area contributed by atoms with Gasteiger partial charge in [0.15, 0.2) is 6.40 Å². The fraction of sp³-hybridized carbons (Fsp3) is 0.375. The molecular formula is C8H11ClN2O. The van der Waals surface area contributed by atoms with Crippen molar-refractivity contribution in [3.63, 3.8) is 0 Å². The molecule has 0 fully saturated rings. The molecule has 0 bridgehead atoms. The summed E-state index contributed by atoms with van der Waals surface area (Å²) in [6.07, 6.45) is 3.70. The van der Waals surface area contributed by atoms with E-state index < -0.39 is 0 Å². The van der Waals surface area contributed by atoms with Crippen molar-refractivity contribution >= 4 is 18.0 Å². The minimum Gasteiger partial charge on any atom is -0.429 e. The summed E-state index contributed by atoms with van der Waals surface area (Å²) in [6, 6.07) is 0. The van der Waals surface area contributed by atoms with Crippen LogP contribution in [0.5, 0.6) is 0 Å². The first kappa shape index (κ1) is 9.13. The molecule has 0 aromatic heterocycles. The standard InChI is InChI=1S/C8H11ClN2O/c1-2-6-3-7(9)8(11-4-6)12-5-10/h3,5,10-11H,2,4H2,1H3. The van der Waals surface area contributed by atoms with Gasteiger partial charge in [-0.2, -0.15) is 0 Å². The van der Waals surface area contributed by atoms with Gasteiger partial charge in [-0.3, -0.25) is 5.41 Å². The van der Waals surface area contributed by atoms with Gasteiger partial charge in [-0.25, -0.2) is 0 Å². The van der Waals surface area contributed by atoms with Gasteiger partial charge in [-0.05, 0) is 18.1 Å². The molecule has 2 N–H and O–H groups in total. The average Bonchev–Trinajstić information content (AvgIpc) is 2.09. The minimum absolute atomic E-state index is 0.462. The van der Waals surface area contributed by atoms with Gasteiger partial charge in [0.1, 0.15) is 5.03 Å². The second-order valence-electron chi connectivity index (χ2n) is 2.42. The number of halogens is 1. The number of ether oxygens (including phenoxy) is 1. The highest BCUT2D eigenvalue weighted by Gasteiger charge is 2.10. The van der Waals surface area contributed by atoms with Crippen LogP contribution in [-0.2, 0) is 4.74 Å². The zero-order chi connectivity index (χ0) is 8.97. The fourth-order valence-electron chi connectivity index (χ4n) is 0.958. The second-order valence-corrected chi connectivity index (χ2v) is 2.83. The number of allylic oxidation sites excluding steroid dienone is 2. The van der Waals surface area contributed by atoms with Crippen molar-refractivity contribution in [1.82, 2.24) is 5.32 Å². The predicted molar refractivity (Wildman–Crippen MR) is 49.1 cm³/mol. The molecule has 12 heavy (non-hydrogen) atoms. The quantitative estimate of drug-likeness (QED) is 0.523. The Hall–Kier alpha value is -0.960. The van der Waals surface area contributed by atoms with Crippen LogP contribution in [0.4, 0.5) is 0 Å². The number of hydrogen-bond donors (Lipinski definition) is 2. The van der Waals surface area contributed by atoms with Crippen LogP contribution in [0, 0.1) is 5.41 Å². The van der Waals surface area contributed by atoms with Gasteiger partial charge in [0, 0.05) is 6.54 Å². The fourth-order valence-corrected chi connectivity index (χ4v) is 1.22. The van der Waals surface area contributed by atoms with E-state index in [1.807, 2.05) is 6.08 Å². The van der Waals surface area contributed by atoms with Gasteiger partial charge >= 0.3 is 0 Å². The molecule has 66 valence electrons. The Morgan fingerprint density at radius 2 is 2.58 bits per heavy atom. The molecule has 0 aromatic carbocycles. The van der Waals surface area contributed by atoms with Crippen molar-refractivity contribution in [1.29, 1.82) is 5.41 Å². The highest BCUT2D eigenvalue weighted by molar-refractivity contribution is 6.31. The first-order valence-electron chi connectivity index (χ1n) is 3.76. The monoisotopic (exact) mass is 186 g/mol. The van der Waals surface area contributed by atoms with Crippen LogP contribution in [-0.4, -0.2) is 12.9 Å². The zero-order valence-electron chi connectivity index (χ0n) is 6.86. The van der Waals surface area contributed by atoms with Crippen LogP contribution in [0.15, 0.2) is 22.6 Å². The van der Waals surface area contributed by atoms with Gasteiger partial charge in [0.2, 0.25) is 5.88 Å². The van der Waals surface area contributed by atoms with Gasteiger partial charge in [0.25, 0.3) is 0 Å². The summed E-state index contributed by atoms with van der Waals surface area (Å²) in [6.45, 7) is 2.82. The number of nitrogens with one attached hydrogen (secondary N) is 2. The Labute approximate surface area is 76.6 Å². The SMILES string of the molecule is CCC1=CC(Cl)=C(OC=N)NC1. The number of hydrogen-bond acceptors (Lipinski definition) is 3. The first-order chi connectivity index (χ1) is 5.77. The Kier molecular flexibility index (Phi) is 3.17. The molecule has 0 aromatic rings.